The molecule has 184 valence electrons. The third kappa shape index (κ3) is 7.19. The predicted octanol–water partition coefficient (Wildman–Crippen LogP) is 2.03. The molecule has 1 fully saturated rings. The number of hydrogen-bond donors (Lipinski definition) is 1. The van der Waals surface area contributed by atoms with Gasteiger partial charge in [-0.25, -0.2) is 8.42 Å². The Morgan fingerprint density at radius 3 is 2.24 bits per heavy atom. The van der Waals surface area contributed by atoms with Crippen LogP contribution in [0.15, 0.2) is 48.5 Å². The van der Waals surface area contributed by atoms with Crippen molar-refractivity contribution in [2.75, 3.05) is 43.4 Å². The van der Waals surface area contributed by atoms with Gasteiger partial charge in [-0.3, -0.25) is 13.9 Å². The van der Waals surface area contributed by atoms with E-state index in [0.717, 1.165) is 21.9 Å². The van der Waals surface area contributed by atoms with Crippen LogP contribution in [0, 0.1) is 0 Å². The Bertz CT molecular complexity index is 1080. The summed E-state index contributed by atoms with van der Waals surface area (Å²) < 4.78 is 36.6. The molecule has 0 saturated carbocycles. The molecule has 10 heteroatoms. The van der Waals surface area contributed by atoms with E-state index in [-0.39, 0.29) is 25.1 Å². The van der Waals surface area contributed by atoms with E-state index in [1.165, 1.54) is 12.1 Å². The molecule has 2 aromatic carbocycles. The number of hydrogen-bond acceptors (Lipinski definition) is 6. The highest BCUT2D eigenvalue weighted by atomic mass is 32.2. The van der Waals surface area contributed by atoms with Gasteiger partial charge in [0, 0.05) is 25.2 Å². The zero-order valence-electron chi connectivity index (χ0n) is 19.7. The minimum Gasteiger partial charge on any atom is -0.491 e. The van der Waals surface area contributed by atoms with Crippen molar-refractivity contribution in [1.29, 1.82) is 0 Å². The summed E-state index contributed by atoms with van der Waals surface area (Å²) in [6.07, 6.45) is 1.11. The molecule has 1 aliphatic rings. The lowest BCUT2D eigenvalue weighted by atomic mass is 10.1. The van der Waals surface area contributed by atoms with Crippen molar-refractivity contribution in [3.8, 4) is 5.75 Å². The third-order valence-corrected chi connectivity index (χ3v) is 6.31. The first kappa shape index (κ1) is 25.5. The molecular weight excluding hydrogens is 458 g/mol. The van der Waals surface area contributed by atoms with Gasteiger partial charge in [-0.1, -0.05) is 12.1 Å². The summed E-state index contributed by atoms with van der Waals surface area (Å²) in [5.74, 6) is 0.161. The van der Waals surface area contributed by atoms with Crippen LogP contribution in [-0.2, 0) is 26.1 Å². The highest BCUT2D eigenvalue weighted by Crippen LogP contribution is 2.19. The van der Waals surface area contributed by atoms with Crippen LogP contribution in [0.25, 0.3) is 0 Å². The minimum atomic E-state index is -3.72. The fourth-order valence-corrected chi connectivity index (χ4v) is 4.32. The van der Waals surface area contributed by atoms with E-state index in [2.05, 4.69) is 5.32 Å². The number of morpholine rings is 1. The van der Waals surface area contributed by atoms with Crippen molar-refractivity contribution in [3.63, 3.8) is 0 Å². The summed E-state index contributed by atoms with van der Waals surface area (Å²) in [5.41, 5.74) is 1.63. The van der Waals surface area contributed by atoms with Gasteiger partial charge in [-0.15, -0.1) is 0 Å². The number of carbonyl (C=O) groups excluding carboxylic acids is 2. The summed E-state index contributed by atoms with van der Waals surface area (Å²) in [5, 5.41) is 2.75. The Hall–Kier alpha value is -3.11. The number of rotatable bonds is 9. The number of ether oxygens (including phenoxy) is 2. The van der Waals surface area contributed by atoms with Gasteiger partial charge in [-0.05, 0) is 55.8 Å². The zero-order valence-corrected chi connectivity index (χ0v) is 20.5. The van der Waals surface area contributed by atoms with Crippen LogP contribution in [0.5, 0.6) is 5.75 Å². The molecule has 0 unspecified atom stereocenters. The van der Waals surface area contributed by atoms with Crippen LogP contribution >= 0.6 is 0 Å². The van der Waals surface area contributed by atoms with Crippen molar-refractivity contribution in [1.82, 2.24) is 10.2 Å². The summed E-state index contributed by atoms with van der Waals surface area (Å²) in [6, 6.07) is 13.6. The maximum Gasteiger partial charge on any atom is 0.254 e. The van der Waals surface area contributed by atoms with Crippen LogP contribution in [0.1, 0.15) is 29.8 Å². The molecule has 1 N–H and O–H groups in total. The highest BCUT2D eigenvalue weighted by molar-refractivity contribution is 7.92. The molecule has 0 atom stereocenters. The first-order valence-electron chi connectivity index (χ1n) is 11.1. The van der Waals surface area contributed by atoms with Gasteiger partial charge in [0.05, 0.1) is 31.3 Å². The van der Waals surface area contributed by atoms with Crippen molar-refractivity contribution in [3.05, 3.63) is 59.7 Å². The Morgan fingerprint density at radius 1 is 1.06 bits per heavy atom. The second kappa shape index (κ2) is 11.3. The molecule has 2 aromatic rings. The Kier molecular flexibility index (Phi) is 8.51. The number of nitrogens with zero attached hydrogens (tertiary/aromatic N) is 2. The van der Waals surface area contributed by atoms with Gasteiger partial charge in [0.1, 0.15) is 12.3 Å². The third-order valence-electron chi connectivity index (χ3n) is 5.17. The van der Waals surface area contributed by atoms with E-state index in [0.29, 0.717) is 37.6 Å². The maximum absolute atomic E-state index is 12.6. The van der Waals surface area contributed by atoms with Crippen molar-refractivity contribution in [2.45, 2.75) is 26.5 Å². The number of sulfonamides is 1. The predicted molar refractivity (Wildman–Crippen MR) is 129 cm³/mol. The van der Waals surface area contributed by atoms with Crippen molar-refractivity contribution in [2.24, 2.45) is 0 Å². The zero-order chi connectivity index (χ0) is 24.7. The SMILES string of the molecule is CC(C)Oc1ccc(CNC(=O)CN(c2ccc(C(=O)N3CCOCC3)cc2)S(C)(=O)=O)cc1. The molecule has 9 nitrogen and oxygen atoms in total. The van der Waals surface area contributed by atoms with E-state index in [1.54, 1.807) is 17.0 Å². The molecule has 0 aromatic heterocycles. The summed E-state index contributed by atoms with van der Waals surface area (Å²) >= 11 is 0. The monoisotopic (exact) mass is 489 g/mol. The van der Waals surface area contributed by atoms with Crippen LogP contribution in [0.3, 0.4) is 0 Å². The molecule has 0 spiro atoms. The largest absolute Gasteiger partial charge is 0.491 e. The number of nitrogens with one attached hydrogen (secondary N) is 1. The second-order valence-electron chi connectivity index (χ2n) is 8.31. The Balaban J connectivity index is 1.62. The maximum atomic E-state index is 12.6. The molecule has 1 aliphatic heterocycles. The van der Waals surface area contributed by atoms with E-state index in [4.69, 9.17) is 9.47 Å². The fraction of sp³-hybridized carbons (Fsp3) is 0.417. The first-order chi connectivity index (χ1) is 16.1. The number of amides is 2. The molecule has 0 aliphatic carbocycles. The average molecular weight is 490 g/mol. The summed E-state index contributed by atoms with van der Waals surface area (Å²) in [4.78, 5) is 26.8. The summed E-state index contributed by atoms with van der Waals surface area (Å²) in [6.45, 7) is 5.80. The topological polar surface area (TPSA) is 105 Å². The Morgan fingerprint density at radius 2 is 1.68 bits per heavy atom. The molecule has 0 bridgehead atoms. The Labute approximate surface area is 200 Å². The van der Waals surface area contributed by atoms with Crippen LogP contribution in [-0.4, -0.2) is 70.3 Å². The van der Waals surface area contributed by atoms with Crippen molar-refractivity contribution < 1.29 is 27.5 Å². The fourth-order valence-electron chi connectivity index (χ4n) is 3.46. The van der Waals surface area contributed by atoms with E-state index < -0.39 is 15.9 Å². The highest BCUT2D eigenvalue weighted by Gasteiger charge is 2.22. The molecule has 0 radical (unpaired) electrons. The molecule has 1 saturated heterocycles. The second-order valence-corrected chi connectivity index (χ2v) is 10.2. The molecule has 3 rings (SSSR count). The van der Waals surface area contributed by atoms with E-state index in [9.17, 15) is 18.0 Å². The molecular formula is C24H31N3O6S. The van der Waals surface area contributed by atoms with Gasteiger partial charge in [-0.2, -0.15) is 0 Å². The normalized spacial score (nSPS) is 14.1. The average Bonchev–Trinajstić information content (AvgIpc) is 2.81. The van der Waals surface area contributed by atoms with Gasteiger partial charge in [0.2, 0.25) is 15.9 Å². The molecule has 2 amide bonds. The lowest BCUT2D eigenvalue weighted by Crippen LogP contribution is -2.41. The first-order valence-corrected chi connectivity index (χ1v) is 13.0. The number of benzene rings is 2. The number of carbonyl (C=O) groups is 2. The van der Waals surface area contributed by atoms with Crippen LogP contribution < -0.4 is 14.4 Å². The molecule has 1 heterocycles. The molecule has 34 heavy (non-hydrogen) atoms. The van der Waals surface area contributed by atoms with Gasteiger partial charge < -0.3 is 19.7 Å². The van der Waals surface area contributed by atoms with E-state index >= 15 is 0 Å². The van der Waals surface area contributed by atoms with Gasteiger partial charge in [0.25, 0.3) is 5.91 Å². The van der Waals surface area contributed by atoms with Crippen molar-refractivity contribution >= 4 is 27.5 Å². The lowest BCUT2D eigenvalue weighted by molar-refractivity contribution is -0.119. The lowest BCUT2D eigenvalue weighted by Gasteiger charge is -2.27. The van der Waals surface area contributed by atoms with Crippen LogP contribution in [0.2, 0.25) is 0 Å². The standard InChI is InChI=1S/C24H31N3O6S/c1-18(2)33-22-10-4-19(5-11-22)16-25-23(28)17-27(34(3,30)31)21-8-6-20(7-9-21)24(29)26-12-14-32-15-13-26/h4-11,18H,12-17H2,1-3H3,(H,25,28). The summed E-state index contributed by atoms with van der Waals surface area (Å²) in [7, 11) is -3.72. The minimum absolute atomic E-state index is 0.0686. The number of anilines is 1. The van der Waals surface area contributed by atoms with Crippen LogP contribution in [0.4, 0.5) is 5.69 Å². The van der Waals surface area contributed by atoms with E-state index in [1.807, 2.05) is 38.1 Å². The van der Waals surface area contributed by atoms with Gasteiger partial charge >= 0.3 is 0 Å². The quantitative estimate of drug-likeness (QED) is 0.578. The van der Waals surface area contributed by atoms with Gasteiger partial charge in [0.15, 0.2) is 0 Å². The smallest absolute Gasteiger partial charge is 0.254 e.